The third kappa shape index (κ3) is 8.24. The fourth-order valence-corrected chi connectivity index (χ4v) is 4.91. The molecule has 0 radical (unpaired) electrons. The maximum absolute atomic E-state index is 13.3. The lowest BCUT2D eigenvalue weighted by atomic mass is 9.92. The second-order valence-corrected chi connectivity index (χ2v) is 12.0. The van der Waals surface area contributed by atoms with Crippen LogP contribution in [0.15, 0.2) is 88.7 Å². The molecule has 0 aliphatic heterocycles. The van der Waals surface area contributed by atoms with Crippen molar-refractivity contribution in [3.05, 3.63) is 84.4 Å². The topological polar surface area (TPSA) is 118 Å². The Hall–Kier alpha value is -3.14. The molecule has 0 aliphatic carbocycles. The number of nitrogens with two attached hydrogens (primary N) is 1. The van der Waals surface area contributed by atoms with Crippen molar-refractivity contribution in [3.8, 4) is 0 Å². The van der Waals surface area contributed by atoms with Gasteiger partial charge >= 0.3 is 0 Å². The number of benzene rings is 3. The summed E-state index contributed by atoms with van der Waals surface area (Å²) in [6, 6.07) is 22.4. The van der Waals surface area contributed by atoms with Crippen molar-refractivity contribution in [2.75, 3.05) is 10.6 Å². The lowest BCUT2D eigenvalue weighted by Gasteiger charge is -2.19. The first kappa shape index (κ1) is 26.5. The van der Waals surface area contributed by atoms with Crippen molar-refractivity contribution in [1.29, 1.82) is 0 Å². The van der Waals surface area contributed by atoms with E-state index in [1.807, 2.05) is 75.4 Å². The van der Waals surface area contributed by atoms with E-state index in [1.54, 1.807) is 0 Å². The van der Waals surface area contributed by atoms with Crippen LogP contribution in [0.4, 0.5) is 11.4 Å². The monoisotopic (exact) mass is 511 g/mol. The standard InChI is InChI=1S/C26H29N3O4S2/c1-26(2,3)17-23(30)28-20-10-7-11-21(16-20)34-24(18-8-5-4-6-9-18)25(31)29-19-12-14-22(15-13-19)35(27,32)33/h4-16,24H,17H2,1-3H3,(H,28,30)(H,29,31)(H2,27,32,33). The first-order chi connectivity index (χ1) is 16.4. The summed E-state index contributed by atoms with van der Waals surface area (Å²) in [5.41, 5.74) is 1.79. The fraction of sp³-hybridized carbons (Fsp3) is 0.231. The van der Waals surface area contributed by atoms with Gasteiger partial charge in [-0.1, -0.05) is 57.2 Å². The zero-order valence-electron chi connectivity index (χ0n) is 19.8. The predicted octanol–water partition coefficient (Wildman–Crippen LogP) is 5.18. The average Bonchev–Trinajstić information content (AvgIpc) is 2.76. The van der Waals surface area contributed by atoms with Crippen LogP contribution in [0, 0.1) is 5.41 Å². The minimum absolute atomic E-state index is 0.0326. The van der Waals surface area contributed by atoms with E-state index in [0.717, 1.165) is 10.5 Å². The molecule has 0 saturated heterocycles. The van der Waals surface area contributed by atoms with Gasteiger partial charge in [0.25, 0.3) is 0 Å². The van der Waals surface area contributed by atoms with E-state index in [4.69, 9.17) is 5.14 Å². The van der Waals surface area contributed by atoms with Crippen molar-refractivity contribution in [2.24, 2.45) is 10.6 Å². The minimum Gasteiger partial charge on any atom is -0.326 e. The van der Waals surface area contributed by atoms with Crippen LogP contribution in [-0.4, -0.2) is 20.2 Å². The molecule has 3 aromatic carbocycles. The normalized spacial score (nSPS) is 12.6. The van der Waals surface area contributed by atoms with Gasteiger partial charge in [0.05, 0.1) is 4.90 Å². The Morgan fingerprint density at radius 2 is 1.54 bits per heavy atom. The largest absolute Gasteiger partial charge is 0.326 e. The van der Waals surface area contributed by atoms with Gasteiger partial charge in [0.2, 0.25) is 21.8 Å². The first-order valence-electron chi connectivity index (χ1n) is 11.0. The molecule has 1 unspecified atom stereocenters. The zero-order valence-corrected chi connectivity index (χ0v) is 21.4. The Morgan fingerprint density at radius 3 is 2.14 bits per heavy atom. The van der Waals surface area contributed by atoms with Crippen LogP contribution in [0.3, 0.4) is 0 Å². The van der Waals surface area contributed by atoms with E-state index in [1.165, 1.54) is 36.0 Å². The highest BCUT2D eigenvalue weighted by Gasteiger charge is 2.23. The molecule has 0 aromatic heterocycles. The average molecular weight is 512 g/mol. The van der Waals surface area contributed by atoms with Gasteiger partial charge < -0.3 is 10.6 Å². The number of primary sulfonamides is 1. The third-order valence-electron chi connectivity index (χ3n) is 4.85. The number of hydrogen-bond acceptors (Lipinski definition) is 5. The minimum atomic E-state index is -3.82. The Bertz CT molecular complexity index is 1290. The molecule has 9 heteroatoms. The molecule has 0 fully saturated rings. The summed E-state index contributed by atoms with van der Waals surface area (Å²) in [5.74, 6) is -0.341. The molecule has 7 nitrogen and oxygen atoms in total. The quantitative estimate of drug-likeness (QED) is 0.360. The fourth-order valence-electron chi connectivity index (χ4n) is 3.31. The molecule has 1 atom stereocenters. The molecular weight excluding hydrogens is 482 g/mol. The van der Waals surface area contributed by atoms with Crippen LogP contribution in [0.1, 0.15) is 38.0 Å². The summed E-state index contributed by atoms with van der Waals surface area (Å²) in [4.78, 5) is 26.4. The van der Waals surface area contributed by atoms with E-state index < -0.39 is 15.3 Å². The second-order valence-electron chi connectivity index (χ2n) is 9.28. The molecule has 0 bridgehead atoms. The second kappa shape index (κ2) is 11.1. The SMILES string of the molecule is CC(C)(C)CC(=O)Nc1cccc(SC(C(=O)Nc2ccc(S(N)(=O)=O)cc2)c2ccccc2)c1. The number of carbonyl (C=O) groups is 2. The summed E-state index contributed by atoms with van der Waals surface area (Å²) in [6.07, 6.45) is 0.393. The number of anilines is 2. The maximum Gasteiger partial charge on any atom is 0.242 e. The lowest BCUT2D eigenvalue weighted by molar-refractivity contribution is -0.118. The smallest absolute Gasteiger partial charge is 0.242 e. The van der Waals surface area contributed by atoms with Crippen LogP contribution in [-0.2, 0) is 19.6 Å². The molecule has 4 N–H and O–H groups in total. The van der Waals surface area contributed by atoms with Crippen LogP contribution in [0.2, 0.25) is 0 Å². The van der Waals surface area contributed by atoms with Crippen LogP contribution in [0.25, 0.3) is 0 Å². The molecule has 184 valence electrons. The van der Waals surface area contributed by atoms with E-state index >= 15 is 0 Å². The number of nitrogens with one attached hydrogen (secondary N) is 2. The summed E-state index contributed by atoms with van der Waals surface area (Å²) in [7, 11) is -3.82. The first-order valence-corrected chi connectivity index (χ1v) is 13.4. The number of hydrogen-bond donors (Lipinski definition) is 3. The van der Waals surface area contributed by atoms with Crippen LogP contribution >= 0.6 is 11.8 Å². The third-order valence-corrected chi connectivity index (χ3v) is 7.03. The summed E-state index contributed by atoms with van der Waals surface area (Å²) in [5, 5.41) is 10.3. The number of rotatable bonds is 8. The van der Waals surface area contributed by atoms with Crippen molar-refractivity contribution in [2.45, 2.75) is 42.2 Å². The van der Waals surface area contributed by atoms with E-state index in [9.17, 15) is 18.0 Å². The number of thioether (sulfide) groups is 1. The molecule has 3 aromatic rings. The van der Waals surface area contributed by atoms with Gasteiger partial charge in [0.1, 0.15) is 5.25 Å². The van der Waals surface area contributed by atoms with Gasteiger partial charge in [0, 0.05) is 22.7 Å². The molecule has 2 amide bonds. The molecule has 3 rings (SSSR count). The highest BCUT2D eigenvalue weighted by atomic mass is 32.2. The van der Waals surface area contributed by atoms with Crippen molar-refractivity contribution >= 4 is 45.0 Å². The van der Waals surface area contributed by atoms with Crippen LogP contribution < -0.4 is 15.8 Å². The molecular formula is C26H29N3O4S2. The molecule has 35 heavy (non-hydrogen) atoms. The van der Waals surface area contributed by atoms with Crippen molar-refractivity contribution < 1.29 is 18.0 Å². The zero-order chi connectivity index (χ0) is 25.6. The highest BCUT2D eigenvalue weighted by Crippen LogP contribution is 2.37. The molecule has 0 saturated carbocycles. The highest BCUT2D eigenvalue weighted by molar-refractivity contribution is 8.00. The maximum atomic E-state index is 13.3. The van der Waals surface area contributed by atoms with E-state index in [2.05, 4.69) is 10.6 Å². The summed E-state index contributed by atoms with van der Waals surface area (Å²) >= 11 is 1.35. The van der Waals surface area contributed by atoms with Gasteiger partial charge in [0.15, 0.2) is 0 Å². The summed E-state index contributed by atoms with van der Waals surface area (Å²) in [6.45, 7) is 6.01. The van der Waals surface area contributed by atoms with Crippen molar-refractivity contribution in [1.82, 2.24) is 0 Å². The number of carbonyl (C=O) groups excluding carboxylic acids is 2. The van der Waals surface area contributed by atoms with Gasteiger partial charge in [-0.15, -0.1) is 11.8 Å². The van der Waals surface area contributed by atoms with Crippen molar-refractivity contribution in [3.63, 3.8) is 0 Å². The Morgan fingerprint density at radius 1 is 0.886 bits per heavy atom. The van der Waals surface area contributed by atoms with Gasteiger partial charge in [-0.05, 0) is 53.4 Å². The van der Waals surface area contributed by atoms with E-state index in [0.29, 0.717) is 17.8 Å². The molecule has 0 heterocycles. The summed E-state index contributed by atoms with van der Waals surface area (Å²) < 4.78 is 23.0. The van der Waals surface area contributed by atoms with E-state index in [-0.39, 0.29) is 22.1 Å². The Balaban J connectivity index is 1.80. The number of amides is 2. The predicted molar refractivity (Wildman–Crippen MR) is 141 cm³/mol. The number of sulfonamides is 1. The Labute approximate surface area is 210 Å². The molecule has 0 spiro atoms. The Kier molecular flexibility index (Phi) is 8.37. The van der Waals surface area contributed by atoms with Crippen LogP contribution in [0.5, 0.6) is 0 Å². The van der Waals surface area contributed by atoms with Gasteiger partial charge in [-0.3, -0.25) is 9.59 Å². The molecule has 0 aliphatic rings. The van der Waals surface area contributed by atoms with Gasteiger partial charge in [-0.2, -0.15) is 0 Å². The van der Waals surface area contributed by atoms with Gasteiger partial charge in [-0.25, -0.2) is 13.6 Å². The lowest BCUT2D eigenvalue weighted by Crippen LogP contribution is -2.20.